The van der Waals surface area contributed by atoms with Crippen molar-refractivity contribution in [2.45, 2.75) is 25.1 Å². The van der Waals surface area contributed by atoms with Crippen molar-refractivity contribution < 1.29 is 22.4 Å². The molecule has 4 heterocycles. The largest absolute Gasteiger partial charge is 0.405 e. The summed E-state index contributed by atoms with van der Waals surface area (Å²) in [7, 11) is 0. The summed E-state index contributed by atoms with van der Waals surface area (Å²) in [6.07, 6.45) is 0.575. The Labute approximate surface area is 162 Å². The van der Waals surface area contributed by atoms with E-state index in [1.54, 1.807) is 18.5 Å². The molecule has 0 spiro atoms. The first-order chi connectivity index (χ1) is 13.8. The summed E-state index contributed by atoms with van der Waals surface area (Å²) in [6, 6.07) is 2.62. The monoisotopic (exact) mass is 408 g/mol. The number of pyridine rings is 1. The smallest absolute Gasteiger partial charge is 0.345 e. The Morgan fingerprint density at radius 2 is 2.17 bits per heavy atom. The lowest BCUT2D eigenvalue weighted by Gasteiger charge is -2.25. The van der Waals surface area contributed by atoms with Crippen LogP contribution in [-0.4, -0.2) is 51.2 Å². The second-order valence-electron chi connectivity index (χ2n) is 6.65. The van der Waals surface area contributed by atoms with E-state index in [-0.39, 0.29) is 11.6 Å². The van der Waals surface area contributed by atoms with Crippen molar-refractivity contribution >= 4 is 22.8 Å². The van der Waals surface area contributed by atoms with Gasteiger partial charge in [0, 0.05) is 29.9 Å². The molecule has 1 aliphatic rings. The Morgan fingerprint density at radius 3 is 2.97 bits per heavy atom. The second kappa shape index (κ2) is 7.30. The maximum absolute atomic E-state index is 14.5. The third-order valence-electron chi connectivity index (χ3n) is 4.71. The van der Waals surface area contributed by atoms with Crippen molar-refractivity contribution in [3.8, 4) is 11.4 Å². The first kappa shape index (κ1) is 19.1. The molecular weight excluding hydrogens is 392 g/mol. The third-order valence-corrected chi connectivity index (χ3v) is 4.71. The van der Waals surface area contributed by atoms with Crippen LogP contribution in [0.2, 0.25) is 0 Å². The highest BCUT2D eigenvalue weighted by molar-refractivity contribution is 5.91. The Kier molecular flexibility index (Phi) is 4.81. The van der Waals surface area contributed by atoms with Gasteiger partial charge >= 0.3 is 6.18 Å². The minimum Gasteiger partial charge on any atom is -0.345 e. The van der Waals surface area contributed by atoms with E-state index in [4.69, 9.17) is 0 Å². The number of nitrogens with zero attached hydrogens (tertiary/aromatic N) is 4. The van der Waals surface area contributed by atoms with Crippen molar-refractivity contribution in [1.82, 2.24) is 25.3 Å². The Balaban J connectivity index is 1.64. The van der Waals surface area contributed by atoms with Crippen LogP contribution >= 0.6 is 0 Å². The van der Waals surface area contributed by atoms with E-state index in [0.717, 1.165) is 11.6 Å². The molecule has 0 aliphatic carbocycles. The van der Waals surface area contributed by atoms with E-state index in [1.165, 1.54) is 4.90 Å². The minimum absolute atomic E-state index is 0.113. The zero-order valence-corrected chi connectivity index (χ0v) is 15.0. The van der Waals surface area contributed by atoms with E-state index in [2.05, 4.69) is 19.9 Å². The van der Waals surface area contributed by atoms with Crippen LogP contribution in [0.25, 0.3) is 22.4 Å². The standard InChI is InChI=1S/C18H16F4N6O/c19-12-8-25-15(11-7-24-14-10(11)3-1-5-23-14)27-16(12)28-6-2-4-13(28)17(29)26-9-18(20,21)22/h1,3,5,7-8,13H,2,4,6,9H2,(H,23,24)(H,26,29). The molecule has 1 unspecified atom stereocenters. The lowest BCUT2D eigenvalue weighted by molar-refractivity contribution is -0.139. The zero-order chi connectivity index (χ0) is 20.6. The number of alkyl halides is 3. The van der Waals surface area contributed by atoms with E-state index in [9.17, 15) is 22.4 Å². The van der Waals surface area contributed by atoms with E-state index in [0.29, 0.717) is 30.6 Å². The van der Waals surface area contributed by atoms with Gasteiger partial charge in [-0.05, 0) is 25.0 Å². The molecule has 3 aromatic rings. The first-order valence-electron chi connectivity index (χ1n) is 8.89. The molecular formula is C18H16F4N6O. The quantitative estimate of drug-likeness (QED) is 0.649. The zero-order valence-electron chi connectivity index (χ0n) is 15.0. The van der Waals surface area contributed by atoms with Crippen molar-refractivity contribution in [2.75, 3.05) is 18.0 Å². The number of rotatable bonds is 4. The third kappa shape index (κ3) is 3.84. The van der Waals surface area contributed by atoms with Gasteiger partial charge < -0.3 is 15.2 Å². The SMILES string of the molecule is O=C(NCC(F)(F)F)C1CCCN1c1nc(-c2c[nH]c3ncccc23)ncc1F. The lowest BCUT2D eigenvalue weighted by atomic mass is 10.2. The van der Waals surface area contributed by atoms with Crippen LogP contribution in [0.1, 0.15) is 12.8 Å². The molecule has 29 heavy (non-hydrogen) atoms. The van der Waals surface area contributed by atoms with Gasteiger partial charge in [-0.15, -0.1) is 0 Å². The van der Waals surface area contributed by atoms with Gasteiger partial charge in [0.05, 0.1) is 6.20 Å². The number of aromatic nitrogens is 4. The van der Waals surface area contributed by atoms with Gasteiger partial charge in [0.15, 0.2) is 17.5 Å². The fraction of sp³-hybridized carbons (Fsp3) is 0.333. The molecule has 0 aromatic carbocycles. The second-order valence-corrected chi connectivity index (χ2v) is 6.65. The maximum Gasteiger partial charge on any atom is 0.405 e. The number of halogens is 4. The summed E-state index contributed by atoms with van der Waals surface area (Å²) in [4.78, 5) is 29.1. The predicted molar refractivity (Wildman–Crippen MR) is 96.5 cm³/mol. The van der Waals surface area contributed by atoms with Crippen molar-refractivity contribution in [1.29, 1.82) is 0 Å². The maximum atomic E-state index is 14.5. The van der Waals surface area contributed by atoms with Crippen LogP contribution in [0.5, 0.6) is 0 Å². The molecule has 2 N–H and O–H groups in total. The highest BCUT2D eigenvalue weighted by atomic mass is 19.4. The molecule has 7 nitrogen and oxygen atoms in total. The number of aromatic amines is 1. The molecule has 11 heteroatoms. The Morgan fingerprint density at radius 1 is 1.34 bits per heavy atom. The number of amides is 1. The Bertz CT molecular complexity index is 1050. The van der Waals surface area contributed by atoms with Gasteiger partial charge in [-0.2, -0.15) is 13.2 Å². The fourth-order valence-electron chi connectivity index (χ4n) is 3.43. The number of carbonyl (C=O) groups is 1. The fourth-order valence-corrected chi connectivity index (χ4v) is 3.43. The van der Waals surface area contributed by atoms with Crippen molar-refractivity contribution in [2.24, 2.45) is 0 Å². The molecule has 1 saturated heterocycles. The number of carbonyl (C=O) groups excluding carboxylic acids is 1. The molecule has 1 amide bonds. The Hall–Kier alpha value is -3.24. The van der Waals surface area contributed by atoms with Gasteiger partial charge in [0.1, 0.15) is 18.2 Å². The predicted octanol–water partition coefficient (Wildman–Crippen LogP) is 2.81. The van der Waals surface area contributed by atoms with E-state index < -0.39 is 30.5 Å². The van der Waals surface area contributed by atoms with Crippen LogP contribution < -0.4 is 10.2 Å². The lowest BCUT2D eigenvalue weighted by Crippen LogP contribution is -2.46. The van der Waals surface area contributed by atoms with Crippen LogP contribution in [-0.2, 0) is 4.79 Å². The van der Waals surface area contributed by atoms with Crippen molar-refractivity contribution in [3.05, 3.63) is 36.5 Å². The number of nitrogens with one attached hydrogen (secondary N) is 2. The molecule has 0 saturated carbocycles. The van der Waals surface area contributed by atoms with Gasteiger partial charge in [0.25, 0.3) is 0 Å². The van der Waals surface area contributed by atoms with Crippen LogP contribution in [0.4, 0.5) is 23.4 Å². The average Bonchev–Trinajstić information content (AvgIpc) is 3.33. The summed E-state index contributed by atoms with van der Waals surface area (Å²) in [6.45, 7) is -1.14. The van der Waals surface area contributed by atoms with Crippen LogP contribution in [0.3, 0.4) is 0 Å². The van der Waals surface area contributed by atoms with Crippen LogP contribution in [0.15, 0.2) is 30.7 Å². The topological polar surface area (TPSA) is 86.8 Å². The van der Waals surface area contributed by atoms with Gasteiger partial charge in [-0.1, -0.05) is 0 Å². The highest BCUT2D eigenvalue weighted by Gasteiger charge is 2.36. The molecule has 4 rings (SSSR count). The van der Waals surface area contributed by atoms with Gasteiger partial charge in [0.2, 0.25) is 5.91 Å². The molecule has 1 fully saturated rings. The minimum atomic E-state index is -4.52. The number of fused-ring (bicyclic) bond motifs is 1. The number of hydrogen-bond acceptors (Lipinski definition) is 5. The van der Waals surface area contributed by atoms with Gasteiger partial charge in [-0.25, -0.2) is 19.3 Å². The number of anilines is 1. The molecule has 3 aromatic heterocycles. The number of hydrogen-bond donors (Lipinski definition) is 2. The first-order valence-corrected chi connectivity index (χ1v) is 8.89. The summed E-state index contributed by atoms with van der Waals surface area (Å²) < 4.78 is 51.7. The normalized spacial score (nSPS) is 17.1. The number of H-pyrrole nitrogens is 1. The molecule has 152 valence electrons. The molecule has 0 bridgehead atoms. The van der Waals surface area contributed by atoms with E-state index >= 15 is 0 Å². The molecule has 1 atom stereocenters. The van der Waals surface area contributed by atoms with Crippen molar-refractivity contribution in [3.63, 3.8) is 0 Å². The summed E-state index contributed by atoms with van der Waals surface area (Å²) in [5.41, 5.74) is 1.22. The highest BCUT2D eigenvalue weighted by Crippen LogP contribution is 2.30. The van der Waals surface area contributed by atoms with E-state index in [1.807, 2.05) is 11.4 Å². The summed E-state index contributed by atoms with van der Waals surface area (Å²) in [5.74, 6) is -1.45. The molecule has 0 radical (unpaired) electrons. The molecule has 1 aliphatic heterocycles. The van der Waals surface area contributed by atoms with Crippen LogP contribution in [0, 0.1) is 5.82 Å². The van der Waals surface area contributed by atoms with Gasteiger partial charge in [-0.3, -0.25) is 4.79 Å². The summed E-state index contributed by atoms with van der Waals surface area (Å²) in [5, 5.41) is 2.61. The summed E-state index contributed by atoms with van der Waals surface area (Å²) >= 11 is 0. The average molecular weight is 408 g/mol.